The summed E-state index contributed by atoms with van der Waals surface area (Å²) < 4.78 is 0. The molecule has 0 aromatic carbocycles. The molecule has 0 bridgehead atoms. The van der Waals surface area contributed by atoms with Gasteiger partial charge in [-0.25, -0.2) is 0 Å². The molecule has 0 N–H and O–H groups in total. The molecule has 2 atom stereocenters. The highest BCUT2D eigenvalue weighted by molar-refractivity contribution is 8.01. The third-order valence-corrected chi connectivity index (χ3v) is 3.22. The van der Waals surface area contributed by atoms with Crippen LogP contribution in [0.1, 0.15) is 6.42 Å². The maximum atomic E-state index is 10.2. The van der Waals surface area contributed by atoms with Crippen molar-refractivity contribution in [1.82, 2.24) is 0 Å². The van der Waals surface area contributed by atoms with Crippen LogP contribution in [-0.4, -0.2) is 22.3 Å². The Morgan fingerprint density at radius 2 is 2.44 bits per heavy atom. The highest BCUT2D eigenvalue weighted by atomic mass is 35.5. The normalized spacial score (nSPS) is 34.8. The molecule has 52 valence electrons. The predicted molar refractivity (Wildman–Crippen MR) is 35.5 cm³/mol. The quantitative estimate of drug-likeness (QED) is 0.508. The minimum absolute atomic E-state index is 0.222. The summed E-state index contributed by atoms with van der Waals surface area (Å²) in [6.07, 6.45) is 0.783. The summed E-state index contributed by atoms with van der Waals surface area (Å²) in [4.78, 5) is 10.2. The molecular formula is C5H6ClO2S-. The van der Waals surface area contributed by atoms with E-state index >= 15 is 0 Å². The first kappa shape index (κ1) is 7.22. The summed E-state index contributed by atoms with van der Waals surface area (Å²) >= 11 is 7.00. The minimum atomic E-state index is -1.03. The molecule has 0 amide bonds. The number of hydrogen-bond acceptors (Lipinski definition) is 3. The maximum absolute atomic E-state index is 10.2. The first-order chi connectivity index (χ1) is 4.22. The van der Waals surface area contributed by atoms with Gasteiger partial charge in [0.05, 0.1) is 16.6 Å². The fraction of sp³-hybridized carbons (Fsp3) is 0.800. The van der Waals surface area contributed by atoms with Crippen LogP contribution in [0.15, 0.2) is 0 Å². The molecule has 1 aliphatic rings. The van der Waals surface area contributed by atoms with E-state index in [1.165, 1.54) is 11.8 Å². The van der Waals surface area contributed by atoms with Crippen molar-refractivity contribution < 1.29 is 9.90 Å². The molecule has 0 saturated carbocycles. The summed E-state index contributed by atoms with van der Waals surface area (Å²) in [5.74, 6) is -0.190. The second-order valence-corrected chi connectivity index (χ2v) is 3.73. The van der Waals surface area contributed by atoms with Crippen LogP contribution in [0, 0.1) is 0 Å². The zero-order valence-electron chi connectivity index (χ0n) is 4.67. The molecule has 1 saturated heterocycles. The van der Waals surface area contributed by atoms with E-state index in [9.17, 15) is 9.90 Å². The average Bonchev–Trinajstić information content (AvgIpc) is 2.13. The number of rotatable bonds is 1. The van der Waals surface area contributed by atoms with Crippen molar-refractivity contribution >= 4 is 29.3 Å². The van der Waals surface area contributed by atoms with Crippen LogP contribution in [0.2, 0.25) is 0 Å². The van der Waals surface area contributed by atoms with E-state index < -0.39 is 11.2 Å². The number of carboxylic acid groups (broad SMARTS) is 1. The number of alkyl halides is 1. The third kappa shape index (κ3) is 1.52. The van der Waals surface area contributed by atoms with Crippen molar-refractivity contribution in [3.63, 3.8) is 0 Å². The van der Waals surface area contributed by atoms with Gasteiger partial charge in [-0.05, 0) is 12.2 Å². The number of carbonyl (C=O) groups is 1. The molecule has 1 fully saturated rings. The van der Waals surface area contributed by atoms with E-state index in [0.717, 1.165) is 12.2 Å². The van der Waals surface area contributed by atoms with Gasteiger partial charge in [0.2, 0.25) is 0 Å². The van der Waals surface area contributed by atoms with Crippen LogP contribution in [0.3, 0.4) is 0 Å². The molecule has 0 aromatic rings. The number of halogens is 1. The smallest absolute Gasteiger partial charge is 0.0607 e. The highest BCUT2D eigenvalue weighted by Crippen LogP contribution is 2.30. The lowest BCUT2D eigenvalue weighted by Crippen LogP contribution is -2.36. The van der Waals surface area contributed by atoms with E-state index in [4.69, 9.17) is 11.6 Å². The number of aliphatic carboxylic acids is 1. The molecule has 4 heteroatoms. The summed E-state index contributed by atoms with van der Waals surface area (Å²) in [5, 5.41) is 9.49. The van der Waals surface area contributed by atoms with E-state index in [2.05, 4.69) is 0 Å². The molecule has 2 unspecified atom stereocenters. The summed E-state index contributed by atoms with van der Waals surface area (Å²) in [5.41, 5.74) is 0. The first-order valence-electron chi connectivity index (χ1n) is 2.68. The number of carbonyl (C=O) groups excluding carboxylic acids is 1. The van der Waals surface area contributed by atoms with Crippen LogP contribution in [0.5, 0.6) is 0 Å². The lowest BCUT2D eigenvalue weighted by molar-refractivity contribution is -0.304. The molecule has 0 aliphatic carbocycles. The maximum Gasteiger partial charge on any atom is 0.0607 e. The highest BCUT2D eigenvalue weighted by Gasteiger charge is 2.26. The zero-order chi connectivity index (χ0) is 6.85. The molecule has 9 heavy (non-hydrogen) atoms. The SMILES string of the molecule is O=C([O-])C1SCCC1Cl. The predicted octanol–water partition coefficient (Wildman–Crippen LogP) is -0.151. The minimum Gasteiger partial charge on any atom is -0.549 e. The Bertz CT molecular complexity index is 128. The number of carboxylic acids is 1. The molecule has 0 aromatic heterocycles. The molecule has 2 nitrogen and oxygen atoms in total. The standard InChI is InChI=1S/C5H7ClO2S/c6-3-1-2-9-4(3)5(7)8/h3-4H,1-2H2,(H,7,8)/p-1. The van der Waals surface area contributed by atoms with Crippen LogP contribution in [-0.2, 0) is 4.79 Å². The topological polar surface area (TPSA) is 40.1 Å². The van der Waals surface area contributed by atoms with Gasteiger partial charge in [-0.1, -0.05) is 0 Å². The van der Waals surface area contributed by atoms with Crippen LogP contribution in [0.25, 0.3) is 0 Å². The first-order valence-corrected chi connectivity index (χ1v) is 4.17. The van der Waals surface area contributed by atoms with Crippen molar-refractivity contribution in [2.75, 3.05) is 5.75 Å². The summed E-state index contributed by atoms with van der Waals surface area (Å²) in [7, 11) is 0. The number of thioether (sulfide) groups is 1. The lowest BCUT2D eigenvalue weighted by Gasteiger charge is -2.12. The number of hydrogen-bond donors (Lipinski definition) is 0. The van der Waals surface area contributed by atoms with Crippen LogP contribution in [0.4, 0.5) is 0 Å². The molecule has 1 aliphatic heterocycles. The van der Waals surface area contributed by atoms with Gasteiger partial charge in [0.1, 0.15) is 0 Å². The molecule has 1 heterocycles. The Hall–Kier alpha value is 0.110. The molecule has 1 rings (SSSR count). The Balaban J connectivity index is 2.49. The molecular weight excluding hydrogens is 160 g/mol. The van der Waals surface area contributed by atoms with Gasteiger partial charge in [0.25, 0.3) is 0 Å². The fourth-order valence-corrected chi connectivity index (χ4v) is 2.46. The van der Waals surface area contributed by atoms with Gasteiger partial charge >= 0.3 is 0 Å². The second-order valence-electron chi connectivity index (χ2n) is 1.92. The van der Waals surface area contributed by atoms with Gasteiger partial charge < -0.3 is 9.90 Å². The van der Waals surface area contributed by atoms with Crippen molar-refractivity contribution in [3.05, 3.63) is 0 Å². The van der Waals surface area contributed by atoms with Gasteiger partial charge in [0.15, 0.2) is 0 Å². The van der Waals surface area contributed by atoms with Crippen molar-refractivity contribution in [2.24, 2.45) is 0 Å². The van der Waals surface area contributed by atoms with E-state index in [0.29, 0.717) is 0 Å². The van der Waals surface area contributed by atoms with Crippen molar-refractivity contribution in [1.29, 1.82) is 0 Å². The Labute approximate surface area is 62.6 Å². The van der Waals surface area contributed by atoms with E-state index in [1.54, 1.807) is 0 Å². The monoisotopic (exact) mass is 165 g/mol. The summed E-state index contributed by atoms with van der Waals surface area (Å²) in [6, 6.07) is 0. The Morgan fingerprint density at radius 3 is 2.67 bits per heavy atom. The molecule has 0 spiro atoms. The fourth-order valence-electron chi connectivity index (χ4n) is 0.779. The summed E-state index contributed by atoms with van der Waals surface area (Å²) in [6.45, 7) is 0. The zero-order valence-corrected chi connectivity index (χ0v) is 6.24. The van der Waals surface area contributed by atoms with E-state index in [-0.39, 0.29) is 5.38 Å². The van der Waals surface area contributed by atoms with Crippen molar-refractivity contribution in [2.45, 2.75) is 17.0 Å². The van der Waals surface area contributed by atoms with Gasteiger partial charge in [-0.3, -0.25) is 0 Å². The van der Waals surface area contributed by atoms with Gasteiger partial charge in [0, 0.05) is 0 Å². The van der Waals surface area contributed by atoms with Gasteiger partial charge in [-0.15, -0.1) is 11.6 Å². The third-order valence-electron chi connectivity index (χ3n) is 1.25. The Kier molecular flexibility index (Phi) is 2.24. The van der Waals surface area contributed by atoms with Gasteiger partial charge in [-0.2, -0.15) is 11.8 Å². The molecule has 0 radical (unpaired) electrons. The largest absolute Gasteiger partial charge is 0.549 e. The average molecular weight is 166 g/mol. The van der Waals surface area contributed by atoms with Crippen LogP contribution >= 0.6 is 23.4 Å². The lowest BCUT2D eigenvalue weighted by atomic mass is 10.2. The Morgan fingerprint density at radius 1 is 1.78 bits per heavy atom. The van der Waals surface area contributed by atoms with Crippen LogP contribution < -0.4 is 5.11 Å². The van der Waals surface area contributed by atoms with Crippen molar-refractivity contribution in [3.8, 4) is 0 Å². The van der Waals surface area contributed by atoms with E-state index in [1.807, 2.05) is 0 Å². The second kappa shape index (κ2) is 2.80.